The summed E-state index contributed by atoms with van der Waals surface area (Å²) in [6, 6.07) is 18.1. The second-order valence-corrected chi connectivity index (χ2v) is 8.49. The number of halogens is 2. The summed E-state index contributed by atoms with van der Waals surface area (Å²) in [5.74, 6) is -1.29. The molecule has 29 heavy (non-hydrogen) atoms. The largest absolute Gasteiger partial charge is 0.457 e. The van der Waals surface area contributed by atoms with Gasteiger partial charge in [0.2, 0.25) is 0 Å². The number of hydrogen-bond acceptors (Lipinski definition) is 4. The highest BCUT2D eigenvalue weighted by Gasteiger charge is 2.22. The van der Waals surface area contributed by atoms with Crippen molar-refractivity contribution in [2.45, 2.75) is 11.5 Å². The molecule has 0 atom stereocenters. The maximum absolute atomic E-state index is 13.8. The molecule has 8 heteroatoms. The molecule has 0 bridgehead atoms. The van der Waals surface area contributed by atoms with Gasteiger partial charge in [-0.25, -0.2) is 17.6 Å². The molecular weight excluding hydrogens is 417 g/mol. The predicted octanol–water partition coefficient (Wildman–Crippen LogP) is 4.66. The van der Waals surface area contributed by atoms with Crippen molar-refractivity contribution in [3.05, 3.63) is 94.8 Å². The Morgan fingerprint density at radius 1 is 1.00 bits per heavy atom. The minimum absolute atomic E-state index is 0.0255. The Hall–Kier alpha value is -2.90. The van der Waals surface area contributed by atoms with Gasteiger partial charge >= 0.3 is 5.97 Å². The number of ether oxygens (including phenoxy) is 1. The molecule has 0 N–H and O–H groups in total. The fourth-order valence-electron chi connectivity index (χ4n) is 2.59. The molecule has 0 aliphatic heterocycles. The lowest BCUT2D eigenvalue weighted by Gasteiger charge is -2.19. The lowest BCUT2D eigenvalue weighted by molar-refractivity contribution is 0.0469. The minimum atomic E-state index is -3.79. The molecule has 0 aliphatic carbocycles. The van der Waals surface area contributed by atoms with E-state index < -0.39 is 21.8 Å². The number of esters is 1. The van der Waals surface area contributed by atoms with Crippen LogP contribution in [-0.2, 0) is 21.4 Å². The normalized spacial score (nSPS) is 11.1. The third-order valence-electron chi connectivity index (χ3n) is 4.28. The summed E-state index contributed by atoms with van der Waals surface area (Å²) in [6.07, 6.45) is 0. The van der Waals surface area contributed by atoms with E-state index in [0.717, 1.165) is 4.31 Å². The first kappa shape index (κ1) is 20.8. The van der Waals surface area contributed by atoms with E-state index in [9.17, 15) is 17.6 Å². The molecule has 0 amide bonds. The quantitative estimate of drug-likeness (QED) is 0.530. The number of carbonyl (C=O) groups is 1. The van der Waals surface area contributed by atoms with Gasteiger partial charge in [-0.15, -0.1) is 0 Å². The van der Waals surface area contributed by atoms with E-state index in [1.807, 2.05) is 0 Å². The Bertz CT molecular complexity index is 1100. The van der Waals surface area contributed by atoms with E-state index in [4.69, 9.17) is 16.3 Å². The van der Waals surface area contributed by atoms with Gasteiger partial charge in [-0.2, -0.15) is 0 Å². The molecule has 0 radical (unpaired) electrons. The Labute approximate surface area is 173 Å². The molecule has 5 nitrogen and oxygen atoms in total. The van der Waals surface area contributed by atoms with E-state index in [1.54, 1.807) is 30.3 Å². The standard InChI is InChI=1S/C21H17ClFNO4S/c1-24(16-6-3-2-4-7-16)29(26,27)17-12-10-15(11-13-17)21(25)28-14-18-19(22)8-5-9-20(18)23/h2-13H,14H2,1H3. The highest BCUT2D eigenvalue weighted by molar-refractivity contribution is 7.92. The van der Waals surface area contributed by atoms with Crippen LogP contribution in [-0.4, -0.2) is 21.4 Å². The van der Waals surface area contributed by atoms with Crippen LogP contribution in [0.2, 0.25) is 5.02 Å². The molecule has 0 spiro atoms. The second kappa shape index (κ2) is 8.63. The summed E-state index contributed by atoms with van der Waals surface area (Å²) in [5, 5.41) is 0.156. The highest BCUT2D eigenvalue weighted by atomic mass is 35.5. The Morgan fingerprint density at radius 2 is 1.66 bits per heavy atom. The van der Waals surface area contributed by atoms with Gasteiger partial charge in [0.15, 0.2) is 0 Å². The van der Waals surface area contributed by atoms with Crippen molar-refractivity contribution < 1.29 is 22.3 Å². The van der Waals surface area contributed by atoms with Crippen LogP contribution in [0.5, 0.6) is 0 Å². The summed E-state index contributed by atoms with van der Waals surface area (Å²) >= 11 is 5.91. The molecule has 150 valence electrons. The molecule has 0 unspecified atom stereocenters. The van der Waals surface area contributed by atoms with Crippen LogP contribution in [0.1, 0.15) is 15.9 Å². The third kappa shape index (κ3) is 4.58. The Kier molecular flexibility index (Phi) is 6.20. The monoisotopic (exact) mass is 433 g/mol. The van der Waals surface area contributed by atoms with Crippen molar-refractivity contribution in [2.75, 3.05) is 11.4 Å². The van der Waals surface area contributed by atoms with E-state index in [-0.39, 0.29) is 27.7 Å². The van der Waals surface area contributed by atoms with Crippen LogP contribution in [0.15, 0.2) is 77.7 Å². The van der Waals surface area contributed by atoms with Crippen LogP contribution in [0.3, 0.4) is 0 Å². The van der Waals surface area contributed by atoms with E-state index in [1.165, 1.54) is 49.5 Å². The van der Waals surface area contributed by atoms with Gasteiger partial charge in [0.05, 0.1) is 21.2 Å². The summed E-state index contributed by atoms with van der Waals surface area (Å²) in [5.41, 5.74) is 0.725. The van der Waals surface area contributed by atoms with E-state index in [2.05, 4.69) is 0 Å². The zero-order chi connectivity index (χ0) is 21.0. The fourth-order valence-corrected chi connectivity index (χ4v) is 4.00. The average Bonchev–Trinajstić information content (AvgIpc) is 2.73. The molecule has 0 heterocycles. The molecule has 3 aromatic carbocycles. The predicted molar refractivity (Wildman–Crippen MR) is 109 cm³/mol. The van der Waals surface area contributed by atoms with Crippen molar-refractivity contribution in [3.8, 4) is 0 Å². The lowest BCUT2D eigenvalue weighted by Crippen LogP contribution is -2.26. The van der Waals surface area contributed by atoms with Crippen LogP contribution in [0.4, 0.5) is 10.1 Å². The average molecular weight is 434 g/mol. The summed E-state index contributed by atoms with van der Waals surface area (Å²) in [7, 11) is -2.34. The second-order valence-electron chi connectivity index (χ2n) is 6.11. The van der Waals surface area contributed by atoms with Gasteiger partial charge in [-0.1, -0.05) is 35.9 Å². The number of hydrogen-bond donors (Lipinski definition) is 0. The number of benzene rings is 3. The van der Waals surface area contributed by atoms with Crippen molar-refractivity contribution in [1.82, 2.24) is 0 Å². The van der Waals surface area contributed by atoms with Gasteiger partial charge in [0.1, 0.15) is 12.4 Å². The Morgan fingerprint density at radius 3 is 2.28 bits per heavy atom. The van der Waals surface area contributed by atoms with Crippen molar-refractivity contribution in [1.29, 1.82) is 0 Å². The van der Waals surface area contributed by atoms with E-state index >= 15 is 0 Å². The number of anilines is 1. The van der Waals surface area contributed by atoms with Gasteiger partial charge in [0.25, 0.3) is 10.0 Å². The molecule has 3 rings (SSSR count). The third-order valence-corrected chi connectivity index (χ3v) is 6.43. The lowest BCUT2D eigenvalue weighted by atomic mass is 10.2. The highest BCUT2D eigenvalue weighted by Crippen LogP contribution is 2.23. The molecule has 0 aliphatic rings. The molecule has 0 fully saturated rings. The maximum atomic E-state index is 13.8. The minimum Gasteiger partial charge on any atom is -0.457 e. The fraction of sp³-hybridized carbons (Fsp3) is 0.0952. The topological polar surface area (TPSA) is 63.7 Å². The van der Waals surface area contributed by atoms with Crippen LogP contribution < -0.4 is 4.31 Å². The van der Waals surface area contributed by atoms with Gasteiger partial charge < -0.3 is 4.74 Å². The number of rotatable bonds is 6. The molecule has 0 aromatic heterocycles. The van der Waals surface area contributed by atoms with Gasteiger partial charge in [0, 0.05) is 12.6 Å². The van der Waals surface area contributed by atoms with E-state index in [0.29, 0.717) is 5.69 Å². The molecule has 0 saturated carbocycles. The summed E-state index contributed by atoms with van der Waals surface area (Å²) < 4.78 is 45.5. The molecule has 3 aromatic rings. The molecular formula is C21H17ClFNO4S. The zero-order valence-electron chi connectivity index (χ0n) is 15.4. The zero-order valence-corrected chi connectivity index (χ0v) is 17.0. The number of nitrogens with zero attached hydrogens (tertiary/aromatic N) is 1. The smallest absolute Gasteiger partial charge is 0.338 e. The van der Waals surface area contributed by atoms with Gasteiger partial charge in [-0.05, 0) is 48.5 Å². The van der Waals surface area contributed by atoms with Crippen molar-refractivity contribution in [3.63, 3.8) is 0 Å². The maximum Gasteiger partial charge on any atom is 0.338 e. The Balaban J connectivity index is 1.73. The summed E-state index contributed by atoms with van der Waals surface area (Å²) in [4.78, 5) is 12.2. The first-order chi connectivity index (χ1) is 13.8. The molecule has 0 saturated heterocycles. The number of para-hydroxylation sites is 1. The van der Waals surface area contributed by atoms with Crippen molar-refractivity contribution in [2.24, 2.45) is 0 Å². The first-order valence-corrected chi connectivity index (χ1v) is 10.4. The van der Waals surface area contributed by atoms with Crippen molar-refractivity contribution >= 4 is 33.3 Å². The number of sulfonamides is 1. The number of carbonyl (C=O) groups excluding carboxylic acids is 1. The first-order valence-electron chi connectivity index (χ1n) is 8.55. The van der Waals surface area contributed by atoms with Gasteiger partial charge in [-0.3, -0.25) is 4.31 Å². The van der Waals surface area contributed by atoms with Crippen LogP contribution >= 0.6 is 11.6 Å². The summed E-state index contributed by atoms with van der Waals surface area (Å²) in [6.45, 7) is -0.332. The van der Waals surface area contributed by atoms with Crippen LogP contribution in [0.25, 0.3) is 0 Å². The SMILES string of the molecule is CN(c1ccccc1)S(=O)(=O)c1ccc(C(=O)OCc2c(F)cccc2Cl)cc1. The van der Waals surface area contributed by atoms with Crippen LogP contribution in [0, 0.1) is 5.82 Å².